The molecule has 0 atom stereocenters. The Kier molecular flexibility index (Phi) is 6.32. The molecule has 0 fully saturated rings. The minimum atomic E-state index is -0.542. The Morgan fingerprint density at radius 2 is 1.81 bits per heavy atom. The van der Waals surface area contributed by atoms with Crippen molar-refractivity contribution in [3.05, 3.63) is 52.8 Å². The van der Waals surface area contributed by atoms with E-state index < -0.39 is 5.91 Å². The average Bonchev–Trinajstić information content (AvgIpc) is 3.45. The predicted octanol–water partition coefficient (Wildman–Crippen LogP) is 2.15. The molecule has 0 unspecified atom stereocenters. The molecular weight excluding hydrogens is 472 g/mol. The number of carbonyl (C=O) groups is 2. The molecule has 0 bridgehead atoms. The zero-order valence-electron chi connectivity index (χ0n) is 16.1. The summed E-state index contributed by atoms with van der Waals surface area (Å²) in [5, 5.41) is 9.06. The molecule has 2 N–H and O–H groups in total. The van der Waals surface area contributed by atoms with Crippen molar-refractivity contribution in [2.45, 2.75) is 0 Å². The maximum Gasteiger partial charge on any atom is 0.316 e. The zero-order chi connectivity index (χ0) is 21.6. The SMILES string of the molecule is O=C(COc1ccc(Br)cc1)NCCNC(=O)c1nc(-c2ccc3c(c2)OCO3)no1. The molecule has 160 valence electrons. The highest BCUT2D eigenvalue weighted by molar-refractivity contribution is 9.10. The van der Waals surface area contributed by atoms with Crippen molar-refractivity contribution < 1.29 is 28.3 Å². The van der Waals surface area contributed by atoms with Crippen molar-refractivity contribution in [2.24, 2.45) is 0 Å². The molecule has 10 nitrogen and oxygen atoms in total. The molecule has 2 amide bonds. The Morgan fingerprint density at radius 3 is 2.65 bits per heavy atom. The van der Waals surface area contributed by atoms with Crippen LogP contribution < -0.4 is 24.8 Å². The summed E-state index contributed by atoms with van der Waals surface area (Å²) in [4.78, 5) is 28.1. The van der Waals surface area contributed by atoms with Gasteiger partial charge < -0.3 is 29.4 Å². The number of ether oxygens (including phenoxy) is 3. The molecule has 4 rings (SSSR count). The van der Waals surface area contributed by atoms with Crippen LogP contribution in [0.1, 0.15) is 10.7 Å². The molecule has 0 saturated heterocycles. The van der Waals surface area contributed by atoms with Crippen LogP contribution in [0.4, 0.5) is 0 Å². The zero-order valence-corrected chi connectivity index (χ0v) is 17.7. The largest absolute Gasteiger partial charge is 0.484 e. The van der Waals surface area contributed by atoms with E-state index in [2.05, 4.69) is 36.7 Å². The normalized spacial score (nSPS) is 11.8. The van der Waals surface area contributed by atoms with Crippen molar-refractivity contribution in [1.29, 1.82) is 0 Å². The van der Waals surface area contributed by atoms with Gasteiger partial charge in [0.15, 0.2) is 18.1 Å². The summed E-state index contributed by atoms with van der Waals surface area (Å²) >= 11 is 3.33. The van der Waals surface area contributed by atoms with Crippen LogP contribution in [0.3, 0.4) is 0 Å². The first-order valence-electron chi connectivity index (χ1n) is 9.25. The quantitative estimate of drug-likeness (QED) is 0.462. The predicted molar refractivity (Wildman–Crippen MR) is 111 cm³/mol. The van der Waals surface area contributed by atoms with Crippen LogP contribution >= 0.6 is 15.9 Å². The van der Waals surface area contributed by atoms with Crippen LogP contribution in [0, 0.1) is 0 Å². The molecule has 2 heterocycles. The number of aromatic nitrogens is 2. The summed E-state index contributed by atoms with van der Waals surface area (Å²) in [6.07, 6.45) is 0. The van der Waals surface area contributed by atoms with Crippen LogP contribution in [0.15, 0.2) is 51.5 Å². The molecule has 31 heavy (non-hydrogen) atoms. The van der Waals surface area contributed by atoms with E-state index in [1.807, 2.05) is 12.1 Å². The lowest BCUT2D eigenvalue weighted by molar-refractivity contribution is -0.123. The van der Waals surface area contributed by atoms with Crippen LogP contribution in [0.25, 0.3) is 11.4 Å². The van der Waals surface area contributed by atoms with E-state index >= 15 is 0 Å². The van der Waals surface area contributed by atoms with Gasteiger partial charge in [-0.3, -0.25) is 9.59 Å². The van der Waals surface area contributed by atoms with Crippen LogP contribution in [-0.4, -0.2) is 48.4 Å². The summed E-state index contributed by atoms with van der Waals surface area (Å²) in [7, 11) is 0. The number of amides is 2. The second-order valence-corrected chi connectivity index (χ2v) is 7.26. The fraction of sp³-hybridized carbons (Fsp3) is 0.200. The van der Waals surface area contributed by atoms with E-state index in [4.69, 9.17) is 18.7 Å². The number of hydrogen-bond acceptors (Lipinski definition) is 8. The lowest BCUT2D eigenvalue weighted by Gasteiger charge is -2.07. The average molecular weight is 489 g/mol. The number of benzene rings is 2. The Hall–Kier alpha value is -3.60. The van der Waals surface area contributed by atoms with Crippen LogP contribution in [0.5, 0.6) is 17.2 Å². The molecule has 1 aliphatic heterocycles. The fourth-order valence-corrected chi connectivity index (χ4v) is 2.92. The van der Waals surface area contributed by atoms with Crippen LogP contribution in [0.2, 0.25) is 0 Å². The van der Waals surface area contributed by atoms with E-state index in [9.17, 15) is 9.59 Å². The molecule has 0 spiro atoms. The molecule has 0 radical (unpaired) electrons. The van der Waals surface area contributed by atoms with E-state index in [1.165, 1.54) is 0 Å². The van der Waals surface area contributed by atoms with Gasteiger partial charge in [0.25, 0.3) is 5.91 Å². The molecule has 1 aromatic heterocycles. The molecular formula is C20H17BrN4O6. The number of nitrogens with one attached hydrogen (secondary N) is 2. The van der Waals surface area contributed by atoms with E-state index in [-0.39, 0.29) is 44.1 Å². The number of fused-ring (bicyclic) bond motifs is 1. The number of nitrogens with zero attached hydrogens (tertiary/aromatic N) is 2. The monoisotopic (exact) mass is 488 g/mol. The van der Waals surface area contributed by atoms with Gasteiger partial charge in [-0.25, -0.2) is 0 Å². The van der Waals surface area contributed by atoms with Gasteiger partial charge in [0.1, 0.15) is 5.75 Å². The molecule has 0 aliphatic carbocycles. The summed E-state index contributed by atoms with van der Waals surface area (Å²) in [5.41, 5.74) is 0.630. The van der Waals surface area contributed by atoms with Gasteiger partial charge in [-0.05, 0) is 42.5 Å². The molecule has 2 aromatic carbocycles. The summed E-state index contributed by atoms with van der Waals surface area (Å²) < 4.78 is 21.9. The van der Waals surface area contributed by atoms with Crippen molar-refractivity contribution >= 4 is 27.7 Å². The van der Waals surface area contributed by atoms with Crippen LogP contribution in [-0.2, 0) is 4.79 Å². The second-order valence-electron chi connectivity index (χ2n) is 6.34. The first kappa shape index (κ1) is 20.7. The van der Waals surface area contributed by atoms with E-state index in [0.717, 1.165) is 4.47 Å². The third kappa shape index (κ3) is 5.31. The van der Waals surface area contributed by atoms with Gasteiger partial charge in [-0.15, -0.1) is 0 Å². The minimum absolute atomic E-state index is 0.127. The van der Waals surface area contributed by atoms with Gasteiger partial charge in [-0.2, -0.15) is 4.98 Å². The molecule has 11 heteroatoms. The highest BCUT2D eigenvalue weighted by Crippen LogP contribution is 2.35. The van der Waals surface area contributed by atoms with Crippen molar-refractivity contribution in [3.8, 4) is 28.6 Å². The van der Waals surface area contributed by atoms with E-state index in [0.29, 0.717) is 22.8 Å². The number of halogens is 1. The first-order chi connectivity index (χ1) is 15.1. The van der Waals surface area contributed by atoms with Gasteiger partial charge in [0.05, 0.1) is 0 Å². The number of hydrogen-bond donors (Lipinski definition) is 2. The maximum absolute atomic E-state index is 12.2. The van der Waals surface area contributed by atoms with Gasteiger partial charge in [-0.1, -0.05) is 21.1 Å². The molecule has 1 aliphatic rings. The van der Waals surface area contributed by atoms with Crippen molar-refractivity contribution in [2.75, 3.05) is 26.5 Å². The maximum atomic E-state index is 12.2. The van der Waals surface area contributed by atoms with Crippen molar-refractivity contribution in [1.82, 2.24) is 20.8 Å². The van der Waals surface area contributed by atoms with Gasteiger partial charge >= 0.3 is 11.8 Å². The third-order valence-corrected chi connectivity index (χ3v) is 4.70. The third-order valence-electron chi connectivity index (χ3n) is 4.17. The standard InChI is InChI=1S/C20H17BrN4O6/c21-13-2-4-14(5-3-13)28-10-17(26)22-7-8-23-19(27)20-24-18(25-31-20)12-1-6-15-16(9-12)30-11-29-15/h1-6,9H,7-8,10-11H2,(H,22,26)(H,23,27). The topological polar surface area (TPSA) is 125 Å². The lowest BCUT2D eigenvalue weighted by Crippen LogP contribution is -2.36. The molecule has 0 saturated carbocycles. The Labute approximate surface area is 185 Å². The highest BCUT2D eigenvalue weighted by Gasteiger charge is 2.19. The minimum Gasteiger partial charge on any atom is -0.484 e. The Bertz CT molecular complexity index is 1090. The Morgan fingerprint density at radius 1 is 1.03 bits per heavy atom. The molecule has 3 aromatic rings. The Balaban J connectivity index is 1.20. The number of carbonyl (C=O) groups excluding carboxylic acids is 2. The smallest absolute Gasteiger partial charge is 0.316 e. The lowest BCUT2D eigenvalue weighted by atomic mass is 10.2. The first-order valence-corrected chi connectivity index (χ1v) is 10.0. The van der Waals surface area contributed by atoms with Gasteiger partial charge in [0.2, 0.25) is 12.6 Å². The highest BCUT2D eigenvalue weighted by atomic mass is 79.9. The summed E-state index contributed by atoms with van der Waals surface area (Å²) in [5.74, 6) is 1.02. The van der Waals surface area contributed by atoms with Gasteiger partial charge in [0, 0.05) is 23.1 Å². The summed E-state index contributed by atoms with van der Waals surface area (Å²) in [6.45, 7) is 0.436. The second kappa shape index (κ2) is 9.47. The number of rotatable bonds is 8. The summed E-state index contributed by atoms with van der Waals surface area (Å²) in [6, 6.07) is 12.3. The van der Waals surface area contributed by atoms with Crippen molar-refractivity contribution in [3.63, 3.8) is 0 Å². The van der Waals surface area contributed by atoms with E-state index in [1.54, 1.807) is 30.3 Å². The fourth-order valence-electron chi connectivity index (χ4n) is 2.65.